The Morgan fingerprint density at radius 2 is 1.94 bits per heavy atom. The average molecular weight is 276 g/mol. The first-order valence-corrected chi connectivity index (χ1v) is 7.16. The molecule has 0 aromatic carbocycles. The third kappa shape index (κ3) is 7.55. The molecule has 0 bridgehead atoms. The van der Waals surface area contributed by atoms with Gasteiger partial charge in [-0.2, -0.15) is 0 Å². The van der Waals surface area contributed by atoms with Gasteiger partial charge in [-0.1, -0.05) is 13.8 Å². The van der Waals surface area contributed by atoms with E-state index in [1.54, 1.807) is 6.92 Å². The van der Waals surface area contributed by atoms with Crippen LogP contribution in [0.4, 0.5) is 0 Å². The highest BCUT2D eigenvalue weighted by Gasteiger charge is 2.18. The van der Waals surface area contributed by atoms with E-state index in [4.69, 9.17) is 5.73 Å². The molecule has 0 aromatic rings. The van der Waals surface area contributed by atoms with Gasteiger partial charge in [-0.25, -0.2) is 0 Å². The quantitative estimate of drug-likeness (QED) is 0.640. The Bertz CT molecular complexity index is 272. The van der Waals surface area contributed by atoms with E-state index >= 15 is 0 Å². The molecule has 0 rings (SSSR count). The normalized spacial score (nSPS) is 14.1. The van der Waals surface area contributed by atoms with E-state index in [2.05, 4.69) is 23.9 Å². The monoisotopic (exact) mass is 276 g/mol. The van der Waals surface area contributed by atoms with Crippen LogP contribution in [0, 0.1) is 5.92 Å². The number of hydrogen-bond acceptors (Lipinski definition) is 5. The van der Waals surface area contributed by atoms with Gasteiger partial charge in [0.2, 0.25) is 5.91 Å². The van der Waals surface area contributed by atoms with Gasteiger partial charge in [0.05, 0.1) is 12.4 Å². The van der Waals surface area contributed by atoms with E-state index in [1.165, 1.54) is 18.9 Å². The molecule has 5 nitrogen and oxygen atoms in total. The highest BCUT2D eigenvalue weighted by Crippen LogP contribution is 2.12. The van der Waals surface area contributed by atoms with Gasteiger partial charge in [-0.05, 0) is 19.3 Å². The summed E-state index contributed by atoms with van der Waals surface area (Å²) in [6.07, 6.45) is 0.963. The fraction of sp³-hybridized carbons (Fsp3) is 0.833. The third-order valence-electron chi connectivity index (χ3n) is 2.42. The van der Waals surface area contributed by atoms with Crippen LogP contribution >= 0.6 is 11.8 Å². The zero-order valence-electron chi connectivity index (χ0n) is 11.6. The topological polar surface area (TPSA) is 81.4 Å². The summed E-state index contributed by atoms with van der Waals surface area (Å²) in [5, 5.41) is 2.65. The second-order valence-corrected chi connectivity index (χ2v) is 5.95. The maximum absolute atomic E-state index is 11.7. The van der Waals surface area contributed by atoms with Gasteiger partial charge in [0, 0.05) is 12.3 Å². The van der Waals surface area contributed by atoms with Crippen molar-refractivity contribution in [3.63, 3.8) is 0 Å². The fourth-order valence-corrected chi connectivity index (χ4v) is 2.04. The maximum Gasteiger partial charge on any atom is 0.323 e. The van der Waals surface area contributed by atoms with Crippen LogP contribution in [-0.4, -0.2) is 42.6 Å². The van der Waals surface area contributed by atoms with Gasteiger partial charge in [0.1, 0.15) is 6.04 Å². The minimum Gasteiger partial charge on any atom is -0.468 e. The molecule has 1 amide bonds. The van der Waals surface area contributed by atoms with Gasteiger partial charge < -0.3 is 15.8 Å². The number of hydrogen-bond donors (Lipinski definition) is 2. The summed E-state index contributed by atoms with van der Waals surface area (Å²) in [5.41, 5.74) is 5.59. The van der Waals surface area contributed by atoms with Crippen molar-refractivity contribution in [2.45, 2.75) is 38.5 Å². The van der Waals surface area contributed by atoms with Crippen molar-refractivity contribution in [3.8, 4) is 0 Å². The minimum atomic E-state index is -0.675. The molecule has 0 radical (unpaired) electrons. The fourth-order valence-electron chi connectivity index (χ4n) is 1.17. The Kier molecular flexibility index (Phi) is 8.83. The van der Waals surface area contributed by atoms with Crippen molar-refractivity contribution in [1.29, 1.82) is 0 Å². The number of carbonyl (C=O) groups is 2. The Labute approximate surface area is 113 Å². The molecule has 18 heavy (non-hydrogen) atoms. The van der Waals surface area contributed by atoms with Crippen molar-refractivity contribution >= 4 is 23.6 Å². The van der Waals surface area contributed by atoms with Gasteiger partial charge in [-0.3, -0.25) is 9.59 Å². The Morgan fingerprint density at radius 3 is 2.44 bits per heavy atom. The zero-order valence-corrected chi connectivity index (χ0v) is 12.4. The van der Waals surface area contributed by atoms with Crippen molar-refractivity contribution < 1.29 is 14.3 Å². The van der Waals surface area contributed by atoms with Crippen LogP contribution in [0.5, 0.6) is 0 Å². The van der Waals surface area contributed by atoms with Crippen LogP contribution in [0.15, 0.2) is 0 Å². The lowest BCUT2D eigenvalue weighted by molar-refractivity contribution is -0.141. The van der Waals surface area contributed by atoms with Gasteiger partial charge in [0.15, 0.2) is 0 Å². The number of nitrogens with two attached hydrogens (primary N) is 1. The van der Waals surface area contributed by atoms with Crippen LogP contribution in [0.1, 0.15) is 27.2 Å². The van der Waals surface area contributed by atoms with Crippen molar-refractivity contribution in [2.75, 3.05) is 19.4 Å². The lowest BCUT2D eigenvalue weighted by Gasteiger charge is -2.14. The van der Waals surface area contributed by atoms with E-state index in [1.807, 2.05) is 0 Å². The number of methoxy groups -OCH3 is 1. The summed E-state index contributed by atoms with van der Waals surface area (Å²) in [5.74, 6) is 0.486. The van der Waals surface area contributed by atoms with E-state index in [-0.39, 0.29) is 11.2 Å². The van der Waals surface area contributed by atoms with Crippen LogP contribution in [0.2, 0.25) is 0 Å². The lowest BCUT2D eigenvalue weighted by atomic mass is 10.1. The first-order valence-electron chi connectivity index (χ1n) is 6.11. The first-order chi connectivity index (χ1) is 8.38. The molecule has 2 unspecified atom stereocenters. The number of carbonyl (C=O) groups excluding carboxylic acids is 2. The highest BCUT2D eigenvalue weighted by molar-refractivity contribution is 8.00. The van der Waals surface area contributed by atoms with Gasteiger partial charge in [-0.15, -0.1) is 11.8 Å². The zero-order chi connectivity index (χ0) is 14.1. The molecule has 2 atom stereocenters. The molecule has 0 heterocycles. The van der Waals surface area contributed by atoms with Crippen LogP contribution < -0.4 is 11.1 Å². The molecular weight excluding hydrogens is 252 g/mol. The third-order valence-corrected chi connectivity index (χ3v) is 3.69. The van der Waals surface area contributed by atoms with Gasteiger partial charge >= 0.3 is 5.97 Å². The second kappa shape index (κ2) is 9.22. The molecule has 0 fully saturated rings. The van der Waals surface area contributed by atoms with Crippen molar-refractivity contribution in [1.82, 2.24) is 5.32 Å². The van der Waals surface area contributed by atoms with Crippen LogP contribution in [-0.2, 0) is 14.3 Å². The predicted octanol–water partition coefficient (Wildman–Crippen LogP) is 0.771. The summed E-state index contributed by atoms with van der Waals surface area (Å²) >= 11 is 1.36. The predicted molar refractivity (Wildman–Crippen MR) is 74.4 cm³/mol. The smallest absolute Gasteiger partial charge is 0.323 e. The number of nitrogens with one attached hydrogen (secondary N) is 1. The molecule has 0 saturated heterocycles. The number of ether oxygens (including phenoxy) is 1. The molecule has 0 saturated carbocycles. The number of esters is 1. The molecule has 0 aromatic heterocycles. The Balaban J connectivity index is 3.84. The minimum absolute atomic E-state index is 0.0160. The molecule has 106 valence electrons. The summed E-state index contributed by atoms with van der Waals surface area (Å²) in [4.78, 5) is 22.8. The molecule has 0 aliphatic heterocycles. The first kappa shape index (κ1) is 17.2. The SMILES string of the molecule is COC(=O)C(N)CSC(C)C(=O)NCCC(C)C. The van der Waals surface area contributed by atoms with E-state index in [9.17, 15) is 9.59 Å². The Hall–Kier alpha value is -0.750. The van der Waals surface area contributed by atoms with E-state index < -0.39 is 12.0 Å². The van der Waals surface area contributed by atoms with Crippen LogP contribution in [0.25, 0.3) is 0 Å². The van der Waals surface area contributed by atoms with Gasteiger partial charge in [0.25, 0.3) is 0 Å². The average Bonchev–Trinajstić information content (AvgIpc) is 2.33. The number of rotatable bonds is 8. The largest absolute Gasteiger partial charge is 0.468 e. The van der Waals surface area contributed by atoms with Crippen molar-refractivity contribution in [2.24, 2.45) is 11.7 Å². The van der Waals surface area contributed by atoms with Crippen molar-refractivity contribution in [3.05, 3.63) is 0 Å². The molecular formula is C12H24N2O3S. The molecule has 0 aliphatic carbocycles. The number of thioether (sulfide) groups is 1. The Morgan fingerprint density at radius 1 is 1.33 bits per heavy atom. The summed E-state index contributed by atoms with van der Waals surface area (Å²) in [6.45, 7) is 6.71. The van der Waals surface area contributed by atoms with Crippen LogP contribution in [0.3, 0.4) is 0 Å². The number of amides is 1. The maximum atomic E-state index is 11.7. The highest BCUT2D eigenvalue weighted by atomic mass is 32.2. The molecule has 6 heteroatoms. The lowest BCUT2D eigenvalue weighted by Crippen LogP contribution is -2.37. The summed E-state index contributed by atoms with van der Waals surface area (Å²) in [7, 11) is 1.30. The molecule has 0 spiro atoms. The second-order valence-electron chi connectivity index (χ2n) is 4.58. The summed E-state index contributed by atoms with van der Waals surface area (Å²) < 4.78 is 4.52. The molecule has 3 N–H and O–H groups in total. The molecule has 0 aliphatic rings. The van der Waals surface area contributed by atoms with E-state index in [0.717, 1.165) is 6.42 Å². The summed E-state index contributed by atoms with van der Waals surface area (Å²) in [6, 6.07) is -0.675. The standard InChI is InChI=1S/C12H24N2O3S/c1-8(2)5-6-14-11(15)9(3)18-7-10(13)12(16)17-4/h8-10H,5-7,13H2,1-4H3,(H,14,15). The van der Waals surface area contributed by atoms with E-state index in [0.29, 0.717) is 18.2 Å².